The number of hydrogen-bond acceptors (Lipinski definition) is 5. The molecule has 8 nitrogen and oxygen atoms in total. The van der Waals surface area contributed by atoms with Gasteiger partial charge < -0.3 is 15.4 Å². The topological polar surface area (TPSA) is 105 Å². The zero-order valence-corrected chi connectivity index (χ0v) is 17.4. The fourth-order valence-electron chi connectivity index (χ4n) is 3.69. The van der Waals surface area contributed by atoms with Crippen LogP contribution in [0.4, 0.5) is 11.4 Å². The molecule has 0 unspecified atom stereocenters. The monoisotopic (exact) mass is 429 g/mol. The minimum absolute atomic E-state index is 0.0620. The van der Waals surface area contributed by atoms with Gasteiger partial charge in [-0.3, -0.25) is 9.59 Å². The Morgan fingerprint density at radius 2 is 2.03 bits per heavy atom. The van der Waals surface area contributed by atoms with E-state index in [0.29, 0.717) is 30.8 Å². The van der Waals surface area contributed by atoms with Crippen LogP contribution in [0.1, 0.15) is 18.4 Å². The zero-order chi connectivity index (χ0) is 21.3. The summed E-state index contributed by atoms with van der Waals surface area (Å²) in [5, 5.41) is 5.54. The molecule has 2 amide bonds. The maximum Gasteiger partial charge on any atom is 0.262 e. The first-order chi connectivity index (χ1) is 14.3. The number of anilines is 2. The first-order valence-electron chi connectivity index (χ1n) is 9.78. The van der Waals surface area contributed by atoms with Crippen LogP contribution >= 0.6 is 0 Å². The highest BCUT2D eigenvalue weighted by Crippen LogP contribution is 2.32. The van der Waals surface area contributed by atoms with Crippen LogP contribution in [0.25, 0.3) is 0 Å². The number of aryl methyl sites for hydroxylation is 1. The van der Waals surface area contributed by atoms with Crippen LogP contribution in [0, 0.1) is 12.8 Å². The summed E-state index contributed by atoms with van der Waals surface area (Å²) >= 11 is 0. The molecule has 2 aromatic carbocycles. The van der Waals surface area contributed by atoms with Crippen molar-refractivity contribution in [1.82, 2.24) is 4.31 Å². The molecule has 0 bridgehead atoms. The third kappa shape index (κ3) is 4.03. The van der Waals surface area contributed by atoms with Crippen molar-refractivity contribution >= 4 is 33.2 Å². The van der Waals surface area contributed by atoms with Crippen molar-refractivity contribution in [2.24, 2.45) is 5.92 Å². The van der Waals surface area contributed by atoms with Crippen molar-refractivity contribution in [1.29, 1.82) is 0 Å². The lowest BCUT2D eigenvalue weighted by atomic mass is 9.98. The number of carbonyl (C=O) groups excluding carboxylic acids is 2. The van der Waals surface area contributed by atoms with E-state index in [0.717, 1.165) is 11.3 Å². The molecule has 9 heteroatoms. The Kier molecular flexibility index (Phi) is 5.48. The average Bonchev–Trinajstić information content (AvgIpc) is 2.75. The second kappa shape index (κ2) is 8.08. The standard InChI is InChI=1S/C21H23N3O5S/c1-14-5-2-3-7-17(14)23-21(26)15-6-4-10-24(12-15)30(27,28)16-8-9-19-18(11-16)22-20(25)13-29-19/h2-3,5,7-9,11,15H,4,6,10,12-13H2,1H3,(H,22,25)(H,23,26)/t15-/m0/s1. The van der Waals surface area contributed by atoms with Crippen molar-refractivity contribution in [3.63, 3.8) is 0 Å². The van der Waals surface area contributed by atoms with Gasteiger partial charge in [-0.2, -0.15) is 4.31 Å². The smallest absolute Gasteiger partial charge is 0.262 e. The minimum atomic E-state index is -3.81. The molecule has 0 aliphatic carbocycles. The summed E-state index contributed by atoms with van der Waals surface area (Å²) in [5.74, 6) is -0.519. The number of ether oxygens (including phenoxy) is 1. The van der Waals surface area contributed by atoms with Crippen LogP contribution in [0.3, 0.4) is 0 Å². The normalized spacial score (nSPS) is 19.4. The van der Waals surface area contributed by atoms with Gasteiger partial charge in [0.1, 0.15) is 5.75 Å². The van der Waals surface area contributed by atoms with E-state index in [1.807, 2.05) is 31.2 Å². The van der Waals surface area contributed by atoms with E-state index in [1.54, 1.807) is 0 Å². The van der Waals surface area contributed by atoms with Gasteiger partial charge in [0.15, 0.2) is 6.61 Å². The number of nitrogens with one attached hydrogen (secondary N) is 2. The molecule has 0 saturated carbocycles. The van der Waals surface area contributed by atoms with E-state index < -0.39 is 15.9 Å². The van der Waals surface area contributed by atoms with Crippen LogP contribution in [-0.2, 0) is 19.6 Å². The van der Waals surface area contributed by atoms with Crippen LogP contribution in [0.2, 0.25) is 0 Å². The van der Waals surface area contributed by atoms with Gasteiger partial charge in [-0.25, -0.2) is 8.42 Å². The summed E-state index contributed by atoms with van der Waals surface area (Å²) in [6, 6.07) is 11.9. The summed E-state index contributed by atoms with van der Waals surface area (Å²) < 4.78 is 33.0. The first kappa shape index (κ1) is 20.4. The number of rotatable bonds is 4. The Bertz CT molecular complexity index is 1100. The molecule has 1 saturated heterocycles. The van der Waals surface area contributed by atoms with Crippen LogP contribution in [-0.4, -0.2) is 44.2 Å². The first-order valence-corrected chi connectivity index (χ1v) is 11.2. The fraction of sp³-hybridized carbons (Fsp3) is 0.333. The number of amides is 2. The minimum Gasteiger partial charge on any atom is -0.482 e. The largest absolute Gasteiger partial charge is 0.482 e. The fourth-order valence-corrected chi connectivity index (χ4v) is 5.25. The van der Waals surface area contributed by atoms with Crippen molar-refractivity contribution in [2.75, 3.05) is 30.3 Å². The van der Waals surface area contributed by atoms with E-state index >= 15 is 0 Å². The molecule has 158 valence electrons. The maximum atomic E-state index is 13.2. The summed E-state index contributed by atoms with van der Waals surface area (Å²) in [5.41, 5.74) is 2.01. The number of benzene rings is 2. The molecule has 0 radical (unpaired) electrons. The highest BCUT2D eigenvalue weighted by Gasteiger charge is 2.34. The SMILES string of the molecule is Cc1ccccc1NC(=O)[C@H]1CCCN(S(=O)(=O)c2ccc3c(c2)NC(=O)CO3)C1. The number of hydrogen-bond donors (Lipinski definition) is 2. The summed E-state index contributed by atoms with van der Waals surface area (Å²) in [6.07, 6.45) is 1.22. The zero-order valence-electron chi connectivity index (χ0n) is 16.6. The molecular weight excluding hydrogens is 406 g/mol. The Labute approximate surface area is 175 Å². The molecule has 0 aromatic heterocycles. The van der Waals surface area contributed by atoms with Gasteiger partial charge in [-0.15, -0.1) is 0 Å². The van der Waals surface area contributed by atoms with Crippen molar-refractivity contribution in [3.05, 3.63) is 48.0 Å². The van der Waals surface area contributed by atoms with E-state index in [1.165, 1.54) is 22.5 Å². The number of fused-ring (bicyclic) bond motifs is 1. The van der Waals surface area contributed by atoms with E-state index in [-0.39, 0.29) is 29.9 Å². The maximum absolute atomic E-state index is 13.2. The predicted molar refractivity (Wildman–Crippen MR) is 112 cm³/mol. The van der Waals surface area contributed by atoms with Crippen molar-refractivity contribution < 1.29 is 22.7 Å². The van der Waals surface area contributed by atoms with Gasteiger partial charge >= 0.3 is 0 Å². The predicted octanol–water partition coefficient (Wildman–Crippen LogP) is 2.37. The van der Waals surface area contributed by atoms with E-state index in [9.17, 15) is 18.0 Å². The van der Waals surface area contributed by atoms with Gasteiger partial charge in [0, 0.05) is 18.8 Å². The second-order valence-electron chi connectivity index (χ2n) is 7.50. The summed E-state index contributed by atoms with van der Waals surface area (Å²) in [6.45, 7) is 2.27. The van der Waals surface area contributed by atoms with E-state index in [4.69, 9.17) is 4.74 Å². The third-order valence-electron chi connectivity index (χ3n) is 5.38. The molecule has 2 N–H and O–H groups in total. The average molecular weight is 429 g/mol. The number of carbonyl (C=O) groups is 2. The summed E-state index contributed by atoms with van der Waals surface area (Å²) in [4.78, 5) is 24.4. The van der Waals surface area contributed by atoms with E-state index in [2.05, 4.69) is 10.6 Å². The van der Waals surface area contributed by atoms with Gasteiger partial charge in [0.05, 0.1) is 16.5 Å². The van der Waals surface area contributed by atoms with Crippen LogP contribution in [0.15, 0.2) is 47.4 Å². The Balaban J connectivity index is 1.51. The third-order valence-corrected chi connectivity index (χ3v) is 7.24. The van der Waals surface area contributed by atoms with Gasteiger partial charge in [0.2, 0.25) is 15.9 Å². The number of para-hydroxylation sites is 1. The van der Waals surface area contributed by atoms with Crippen molar-refractivity contribution in [3.8, 4) is 5.75 Å². The molecule has 4 rings (SSSR count). The lowest BCUT2D eigenvalue weighted by Crippen LogP contribution is -2.43. The molecule has 1 fully saturated rings. The molecule has 2 heterocycles. The number of sulfonamides is 1. The molecule has 2 aliphatic rings. The molecular formula is C21H23N3O5S. The number of nitrogens with zero attached hydrogens (tertiary/aromatic N) is 1. The Morgan fingerprint density at radius 1 is 1.23 bits per heavy atom. The second-order valence-corrected chi connectivity index (χ2v) is 9.44. The number of piperidine rings is 1. The van der Waals surface area contributed by atoms with Gasteiger partial charge in [-0.1, -0.05) is 18.2 Å². The molecule has 2 aliphatic heterocycles. The highest BCUT2D eigenvalue weighted by atomic mass is 32.2. The Hall–Kier alpha value is -2.91. The van der Waals surface area contributed by atoms with Crippen LogP contribution < -0.4 is 15.4 Å². The van der Waals surface area contributed by atoms with Gasteiger partial charge in [0.25, 0.3) is 5.91 Å². The molecule has 1 atom stereocenters. The van der Waals surface area contributed by atoms with Crippen LogP contribution in [0.5, 0.6) is 5.75 Å². The van der Waals surface area contributed by atoms with Gasteiger partial charge in [-0.05, 0) is 49.6 Å². The molecule has 0 spiro atoms. The summed E-state index contributed by atoms with van der Waals surface area (Å²) in [7, 11) is -3.81. The Morgan fingerprint density at radius 3 is 2.83 bits per heavy atom. The van der Waals surface area contributed by atoms with Crippen molar-refractivity contribution in [2.45, 2.75) is 24.7 Å². The molecule has 30 heavy (non-hydrogen) atoms. The highest BCUT2D eigenvalue weighted by molar-refractivity contribution is 7.89. The molecule has 2 aromatic rings. The quantitative estimate of drug-likeness (QED) is 0.776. The lowest BCUT2D eigenvalue weighted by molar-refractivity contribution is -0.121. The lowest BCUT2D eigenvalue weighted by Gasteiger charge is -2.31.